The van der Waals surface area contributed by atoms with Crippen molar-refractivity contribution in [1.29, 1.82) is 0 Å². The third-order valence-corrected chi connectivity index (χ3v) is 5.96. The van der Waals surface area contributed by atoms with Crippen molar-refractivity contribution < 1.29 is 19.1 Å². The van der Waals surface area contributed by atoms with Crippen molar-refractivity contribution >= 4 is 40.4 Å². The maximum Gasteiger partial charge on any atom is 0.306 e. The van der Waals surface area contributed by atoms with E-state index in [-0.39, 0.29) is 25.2 Å². The van der Waals surface area contributed by atoms with Crippen molar-refractivity contribution in [1.82, 2.24) is 4.90 Å². The van der Waals surface area contributed by atoms with Gasteiger partial charge in [0.15, 0.2) is 12.4 Å². The Balaban J connectivity index is 1.37. The van der Waals surface area contributed by atoms with Crippen molar-refractivity contribution in [3.05, 3.63) is 46.7 Å². The quantitative estimate of drug-likeness (QED) is 0.488. The summed E-state index contributed by atoms with van der Waals surface area (Å²) in [6.07, 6.45) is 0.0406. The molecule has 0 unspecified atom stereocenters. The Labute approximate surface area is 180 Å². The monoisotopic (exact) mass is 429 g/mol. The molecule has 1 saturated heterocycles. The van der Waals surface area contributed by atoms with E-state index in [1.54, 1.807) is 12.1 Å². The zero-order valence-corrected chi connectivity index (χ0v) is 18.0. The van der Waals surface area contributed by atoms with Crippen LogP contribution in [0.25, 0.3) is 0 Å². The van der Waals surface area contributed by atoms with Gasteiger partial charge in [0.25, 0.3) is 5.91 Å². The number of carbonyl (C=O) groups excluding carboxylic acids is 3. The van der Waals surface area contributed by atoms with Crippen LogP contribution in [-0.4, -0.2) is 61.9 Å². The van der Waals surface area contributed by atoms with Crippen LogP contribution in [0.2, 0.25) is 0 Å². The van der Waals surface area contributed by atoms with E-state index in [1.807, 2.05) is 29.6 Å². The van der Waals surface area contributed by atoms with Gasteiger partial charge in [0.05, 0.1) is 11.3 Å². The van der Waals surface area contributed by atoms with Crippen LogP contribution in [0, 0.1) is 0 Å². The first-order valence-corrected chi connectivity index (χ1v) is 11.0. The smallest absolute Gasteiger partial charge is 0.306 e. The van der Waals surface area contributed by atoms with Gasteiger partial charge >= 0.3 is 5.97 Å². The summed E-state index contributed by atoms with van der Waals surface area (Å²) in [5.41, 5.74) is 1.78. The molecule has 3 rings (SSSR count). The largest absolute Gasteiger partial charge is 0.456 e. The molecule has 30 heavy (non-hydrogen) atoms. The molecule has 8 heteroatoms. The molecule has 1 aliphatic heterocycles. The molecule has 0 spiro atoms. The first kappa shape index (κ1) is 22.0. The maximum absolute atomic E-state index is 12.0. The molecule has 1 amide bonds. The van der Waals surface area contributed by atoms with Gasteiger partial charge in [-0.15, -0.1) is 11.3 Å². The summed E-state index contributed by atoms with van der Waals surface area (Å²) in [6.45, 7) is 6.98. The summed E-state index contributed by atoms with van der Waals surface area (Å²) >= 11 is 1.34. The van der Waals surface area contributed by atoms with E-state index in [2.05, 4.69) is 22.0 Å². The minimum absolute atomic E-state index is 0.0377. The summed E-state index contributed by atoms with van der Waals surface area (Å²) in [5, 5.41) is 4.54. The number of amides is 1. The van der Waals surface area contributed by atoms with Crippen LogP contribution in [-0.2, 0) is 14.3 Å². The van der Waals surface area contributed by atoms with Gasteiger partial charge in [0, 0.05) is 44.0 Å². The standard InChI is InChI=1S/C22H27N3O4S/c1-2-24-11-13-25(14-12-24)18-7-5-17(6-8-18)23-21(27)16-29-22(28)10-9-19(26)20-4-3-15-30-20/h3-8,15H,2,9-14,16H2,1H3,(H,23,27). The number of hydrogen-bond donors (Lipinski definition) is 1. The molecule has 0 bridgehead atoms. The number of piperazine rings is 1. The number of benzene rings is 1. The van der Waals surface area contributed by atoms with Crippen molar-refractivity contribution in [2.24, 2.45) is 0 Å². The van der Waals surface area contributed by atoms with E-state index < -0.39 is 11.9 Å². The van der Waals surface area contributed by atoms with Gasteiger partial charge in [-0.25, -0.2) is 0 Å². The Morgan fingerprint density at radius 1 is 1.03 bits per heavy atom. The van der Waals surface area contributed by atoms with Crippen LogP contribution >= 0.6 is 11.3 Å². The fraction of sp³-hybridized carbons (Fsp3) is 0.409. The first-order chi connectivity index (χ1) is 14.5. The molecular weight excluding hydrogens is 402 g/mol. The second-order valence-corrected chi connectivity index (χ2v) is 8.03. The third kappa shape index (κ3) is 6.40. The van der Waals surface area contributed by atoms with Crippen LogP contribution in [0.4, 0.5) is 11.4 Å². The number of nitrogens with zero attached hydrogens (tertiary/aromatic N) is 2. The molecular formula is C22H27N3O4S. The number of carbonyl (C=O) groups is 3. The van der Waals surface area contributed by atoms with Crippen molar-refractivity contribution in [3.8, 4) is 0 Å². The SMILES string of the molecule is CCN1CCN(c2ccc(NC(=O)COC(=O)CCC(=O)c3cccs3)cc2)CC1. The highest BCUT2D eigenvalue weighted by Gasteiger charge is 2.16. The zero-order chi connectivity index (χ0) is 21.3. The van der Waals surface area contributed by atoms with Crippen LogP contribution in [0.3, 0.4) is 0 Å². The van der Waals surface area contributed by atoms with Crippen molar-refractivity contribution in [3.63, 3.8) is 0 Å². The average molecular weight is 430 g/mol. The minimum atomic E-state index is -0.559. The number of hydrogen-bond acceptors (Lipinski definition) is 7. The van der Waals surface area contributed by atoms with E-state index in [9.17, 15) is 14.4 Å². The van der Waals surface area contributed by atoms with E-state index in [0.29, 0.717) is 10.6 Å². The number of ketones is 1. The van der Waals surface area contributed by atoms with E-state index in [4.69, 9.17) is 4.74 Å². The van der Waals surface area contributed by atoms with Gasteiger partial charge in [-0.2, -0.15) is 0 Å². The fourth-order valence-corrected chi connectivity index (χ4v) is 3.96. The Kier molecular flexibility index (Phi) is 7.98. The Bertz CT molecular complexity index is 844. The molecule has 0 atom stereocenters. The van der Waals surface area contributed by atoms with Crippen LogP contribution in [0.1, 0.15) is 29.4 Å². The van der Waals surface area contributed by atoms with E-state index in [0.717, 1.165) is 38.4 Å². The normalized spacial score (nSPS) is 14.4. The number of ether oxygens (including phenoxy) is 1. The molecule has 0 saturated carbocycles. The highest BCUT2D eigenvalue weighted by Crippen LogP contribution is 2.19. The number of likely N-dealkylation sites (N-methyl/N-ethyl adjacent to an activating group) is 1. The van der Waals surface area contributed by atoms with Crippen molar-refractivity contribution in [2.75, 3.05) is 49.5 Å². The lowest BCUT2D eigenvalue weighted by Gasteiger charge is -2.35. The summed E-state index contributed by atoms with van der Waals surface area (Å²) in [5.74, 6) is -1.06. The van der Waals surface area contributed by atoms with Gasteiger partial charge in [0.1, 0.15) is 0 Å². The molecule has 160 valence electrons. The van der Waals surface area contributed by atoms with Gasteiger partial charge in [0.2, 0.25) is 0 Å². The second kappa shape index (κ2) is 10.9. The summed E-state index contributed by atoms with van der Waals surface area (Å²) in [7, 11) is 0. The Morgan fingerprint density at radius 3 is 2.40 bits per heavy atom. The van der Waals surface area contributed by atoms with Crippen LogP contribution in [0.15, 0.2) is 41.8 Å². The number of esters is 1. The summed E-state index contributed by atoms with van der Waals surface area (Å²) < 4.78 is 4.97. The number of rotatable bonds is 9. The second-order valence-electron chi connectivity index (χ2n) is 7.08. The lowest BCUT2D eigenvalue weighted by Crippen LogP contribution is -2.46. The molecule has 1 aliphatic rings. The molecule has 1 aromatic heterocycles. The van der Waals surface area contributed by atoms with Crippen LogP contribution in [0.5, 0.6) is 0 Å². The van der Waals surface area contributed by atoms with Gasteiger partial charge in [-0.05, 0) is 42.3 Å². The van der Waals surface area contributed by atoms with Crippen molar-refractivity contribution in [2.45, 2.75) is 19.8 Å². The molecule has 2 heterocycles. The van der Waals surface area contributed by atoms with Crippen LogP contribution < -0.4 is 10.2 Å². The molecule has 1 aromatic carbocycles. The molecule has 2 aromatic rings. The first-order valence-electron chi connectivity index (χ1n) is 10.1. The minimum Gasteiger partial charge on any atom is -0.456 e. The molecule has 1 N–H and O–H groups in total. The number of Topliss-reactive ketones (excluding diaryl/α,β-unsaturated/α-hetero) is 1. The molecule has 1 fully saturated rings. The fourth-order valence-electron chi connectivity index (χ4n) is 3.27. The molecule has 0 radical (unpaired) electrons. The van der Waals surface area contributed by atoms with E-state index in [1.165, 1.54) is 11.3 Å². The summed E-state index contributed by atoms with van der Waals surface area (Å²) in [4.78, 5) is 41.1. The van der Waals surface area contributed by atoms with Gasteiger partial charge in [-0.1, -0.05) is 13.0 Å². The number of anilines is 2. The topological polar surface area (TPSA) is 79.0 Å². The Morgan fingerprint density at radius 2 is 1.77 bits per heavy atom. The lowest BCUT2D eigenvalue weighted by atomic mass is 10.2. The predicted molar refractivity (Wildman–Crippen MR) is 118 cm³/mol. The predicted octanol–water partition coefficient (Wildman–Crippen LogP) is 3.03. The third-order valence-electron chi connectivity index (χ3n) is 5.05. The zero-order valence-electron chi connectivity index (χ0n) is 17.1. The van der Waals surface area contributed by atoms with E-state index >= 15 is 0 Å². The number of nitrogens with one attached hydrogen (secondary N) is 1. The maximum atomic E-state index is 12.0. The highest BCUT2D eigenvalue weighted by atomic mass is 32.1. The Hall–Kier alpha value is -2.71. The molecule has 0 aliphatic carbocycles. The highest BCUT2D eigenvalue weighted by molar-refractivity contribution is 7.12. The lowest BCUT2D eigenvalue weighted by molar-refractivity contribution is -0.147. The van der Waals surface area contributed by atoms with Gasteiger partial charge < -0.3 is 19.9 Å². The molecule has 7 nitrogen and oxygen atoms in total. The van der Waals surface area contributed by atoms with Gasteiger partial charge in [-0.3, -0.25) is 14.4 Å². The summed E-state index contributed by atoms with van der Waals surface area (Å²) in [6, 6.07) is 11.2. The number of thiophene rings is 1. The average Bonchev–Trinajstić information content (AvgIpc) is 3.32.